The van der Waals surface area contributed by atoms with Crippen molar-refractivity contribution in [3.63, 3.8) is 0 Å². The SMILES string of the molecule is CCC1(c2nc3c(C)cccc3o2)CCNC1. The lowest BCUT2D eigenvalue weighted by Crippen LogP contribution is -2.28. The molecule has 3 rings (SSSR count). The second-order valence-corrected chi connectivity index (χ2v) is 5.00. The largest absolute Gasteiger partial charge is 0.440 e. The van der Waals surface area contributed by atoms with Gasteiger partial charge in [0.15, 0.2) is 5.58 Å². The van der Waals surface area contributed by atoms with Gasteiger partial charge < -0.3 is 9.73 Å². The van der Waals surface area contributed by atoms with E-state index in [2.05, 4.69) is 25.2 Å². The Kier molecular flexibility index (Phi) is 2.44. The first-order chi connectivity index (χ1) is 8.25. The Bertz CT molecular complexity index is 538. The molecule has 1 atom stereocenters. The average Bonchev–Trinajstić information content (AvgIpc) is 2.96. The fourth-order valence-corrected chi connectivity index (χ4v) is 2.69. The Morgan fingerprint density at radius 2 is 2.35 bits per heavy atom. The molecule has 1 N–H and O–H groups in total. The predicted octanol–water partition coefficient (Wildman–Crippen LogP) is 2.78. The molecule has 1 aliphatic rings. The van der Waals surface area contributed by atoms with Crippen LogP contribution in [0.1, 0.15) is 31.2 Å². The molecule has 0 spiro atoms. The first-order valence-corrected chi connectivity index (χ1v) is 6.32. The molecule has 0 saturated carbocycles. The highest BCUT2D eigenvalue weighted by molar-refractivity contribution is 5.76. The molecular formula is C14H18N2O. The quantitative estimate of drug-likeness (QED) is 0.862. The van der Waals surface area contributed by atoms with Crippen LogP contribution in [0, 0.1) is 6.92 Å². The number of nitrogens with one attached hydrogen (secondary N) is 1. The lowest BCUT2D eigenvalue weighted by molar-refractivity contribution is 0.344. The van der Waals surface area contributed by atoms with E-state index in [0.717, 1.165) is 42.9 Å². The van der Waals surface area contributed by atoms with Gasteiger partial charge in [0.05, 0.1) is 5.41 Å². The van der Waals surface area contributed by atoms with Crippen molar-refractivity contribution in [2.24, 2.45) is 0 Å². The fraction of sp³-hybridized carbons (Fsp3) is 0.500. The van der Waals surface area contributed by atoms with Gasteiger partial charge in [-0.05, 0) is 37.9 Å². The summed E-state index contributed by atoms with van der Waals surface area (Å²) >= 11 is 0. The third-order valence-corrected chi connectivity index (χ3v) is 3.99. The molecule has 0 radical (unpaired) electrons. The summed E-state index contributed by atoms with van der Waals surface area (Å²) in [6.07, 6.45) is 2.20. The third kappa shape index (κ3) is 1.57. The number of aryl methyl sites for hydroxylation is 1. The van der Waals surface area contributed by atoms with Crippen LogP contribution in [0.15, 0.2) is 22.6 Å². The van der Waals surface area contributed by atoms with Gasteiger partial charge in [0, 0.05) is 6.54 Å². The van der Waals surface area contributed by atoms with Crippen LogP contribution >= 0.6 is 0 Å². The molecule has 1 aliphatic heterocycles. The number of aromatic nitrogens is 1. The predicted molar refractivity (Wildman–Crippen MR) is 68.2 cm³/mol. The van der Waals surface area contributed by atoms with Gasteiger partial charge in [-0.25, -0.2) is 4.98 Å². The summed E-state index contributed by atoms with van der Waals surface area (Å²) < 4.78 is 5.98. The standard InChI is InChI=1S/C14H18N2O/c1-3-14(7-8-15-9-14)13-16-12-10(2)5-4-6-11(12)17-13/h4-6,15H,3,7-9H2,1-2H3. The third-order valence-electron chi connectivity index (χ3n) is 3.99. The first-order valence-electron chi connectivity index (χ1n) is 6.32. The van der Waals surface area contributed by atoms with E-state index in [-0.39, 0.29) is 5.41 Å². The van der Waals surface area contributed by atoms with Crippen molar-refractivity contribution in [2.45, 2.75) is 32.1 Å². The molecule has 90 valence electrons. The molecule has 1 fully saturated rings. The summed E-state index contributed by atoms with van der Waals surface area (Å²) in [6.45, 7) is 6.34. The average molecular weight is 230 g/mol. The van der Waals surface area contributed by atoms with E-state index in [4.69, 9.17) is 9.40 Å². The van der Waals surface area contributed by atoms with Crippen molar-refractivity contribution < 1.29 is 4.42 Å². The molecule has 3 nitrogen and oxygen atoms in total. The summed E-state index contributed by atoms with van der Waals surface area (Å²) in [5, 5.41) is 3.42. The number of nitrogens with zero attached hydrogens (tertiary/aromatic N) is 1. The number of rotatable bonds is 2. The summed E-state index contributed by atoms with van der Waals surface area (Å²) in [4.78, 5) is 4.73. The van der Waals surface area contributed by atoms with Crippen LogP contribution in [0.2, 0.25) is 0 Å². The minimum absolute atomic E-state index is 0.103. The number of fused-ring (bicyclic) bond motifs is 1. The molecule has 2 heterocycles. The zero-order valence-electron chi connectivity index (χ0n) is 10.4. The molecule has 17 heavy (non-hydrogen) atoms. The van der Waals surface area contributed by atoms with Gasteiger partial charge in [0.25, 0.3) is 0 Å². The van der Waals surface area contributed by atoms with E-state index in [9.17, 15) is 0 Å². The maximum atomic E-state index is 5.98. The molecule has 0 bridgehead atoms. The van der Waals surface area contributed by atoms with Crippen molar-refractivity contribution in [2.75, 3.05) is 13.1 Å². The zero-order chi connectivity index (χ0) is 11.9. The molecule has 1 unspecified atom stereocenters. The second-order valence-electron chi connectivity index (χ2n) is 5.00. The number of oxazole rings is 1. The normalized spacial score (nSPS) is 24.6. The number of benzene rings is 1. The van der Waals surface area contributed by atoms with Gasteiger partial charge in [-0.1, -0.05) is 19.1 Å². The van der Waals surface area contributed by atoms with Crippen LogP contribution in [0.3, 0.4) is 0 Å². The smallest absolute Gasteiger partial charge is 0.203 e. The Balaban J connectivity index is 2.14. The lowest BCUT2D eigenvalue weighted by atomic mass is 9.84. The first kappa shape index (κ1) is 10.8. The molecule has 0 aliphatic carbocycles. The summed E-state index contributed by atoms with van der Waals surface area (Å²) in [6, 6.07) is 6.11. The highest BCUT2D eigenvalue weighted by atomic mass is 16.3. The molecule has 1 saturated heterocycles. The van der Waals surface area contributed by atoms with Crippen LogP contribution in [0.5, 0.6) is 0 Å². The van der Waals surface area contributed by atoms with Crippen molar-refractivity contribution in [1.82, 2.24) is 10.3 Å². The second kappa shape index (κ2) is 3.84. The summed E-state index contributed by atoms with van der Waals surface area (Å²) in [5.41, 5.74) is 3.22. The van der Waals surface area contributed by atoms with E-state index in [1.54, 1.807) is 0 Å². The maximum Gasteiger partial charge on any atom is 0.203 e. The molecule has 0 amide bonds. The molecule has 1 aromatic heterocycles. The van der Waals surface area contributed by atoms with Crippen LogP contribution in [-0.4, -0.2) is 18.1 Å². The molecule has 1 aromatic carbocycles. The molecule has 3 heteroatoms. The van der Waals surface area contributed by atoms with E-state index in [1.165, 1.54) is 5.56 Å². The van der Waals surface area contributed by atoms with Gasteiger partial charge in [-0.2, -0.15) is 0 Å². The Morgan fingerprint density at radius 3 is 3.00 bits per heavy atom. The van der Waals surface area contributed by atoms with Crippen LogP contribution in [-0.2, 0) is 5.41 Å². The minimum atomic E-state index is 0.103. The molecule has 2 aromatic rings. The fourth-order valence-electron chi connectivity index (χ4n) is 2.69. The Hall–Kier alpha value is -1.35. The van der Waals surface area contributed by atoms with Crippen LogP contribution < -0.4 is 5.32 Å². The van der Waals surface area contributed by atoms with E-state index in [1.807, 2.05) is 12.1 Å². The Morgan fingerprint density at radius 1 is 1.47 bits per heavy atom. The van der Waals surface area contributed by atoms with E-state index < -0.39 is 0 Å². The van der Waals surface area contributed by atoms with Gasteiger partial charge in [-0.15, -0.1) is 0 Å². The van der Waals surface area contributed by atoms with E-state index >= 15 is 0 Å². The number of hydrogen-bond donors (Lipinski definition) is 1. The van der Waals surface area contributed by atoms with Crippen LogP contribution in [0.4, 0.5) is 0 Å². The minimum Gasteiger partial charge on any atom is -0.440 e. The monoisotopic (exact) mass is 230 g/mol. The van der Waals surface area contributed by atoms with Gasteiger partial charge >= 0.3 is 0 Å². The number of hydrogen-bond acceptors (Lipinski definition) is 3. The van der Waals surface area contributed by atoms with Gasteiger partial charge in [0.1, 0.15) is 5.52 Å². The lowest BCUT2D eigenvalue weighted by Gasteiger charge is -2.21. The molecular weight excluding hydrogens is 212 g/mol. The summed E-state index contributed by atoms with van der Waals surface area (Å²) in [7, 11) is 0. The summed E-state index contributed by atoms with van der Waals surface area (Å²) in [5.74, 6) is 0.911. The van der Waals surface area contributed by atoms with Crippen molar-refractivity contribution >= 4 is 11.1 Å². The van der Waals surface area contributed by atoms with Crippen molar-refractivity contribution in [3.8, 4) is 0 Å². The zero-order valence-corrected chi connectivity index (χ0v) is 10.4. The van der Waals surface area contributed by atoms with Gasteiger partial charge in [-0.3, -0.25) is 0 Å². The maximum absolute atomic E-state index is 5.98. The highest BCUT2D eigenvalue weighted by Crippen LogP contribution is 2.35. The Labute approximate surface area is 101 Å². The number of para-hydroxylation sites is 1. The van der Waals surface area contributed by atoms with Crippen molar-refractivity contribution in [1.29, 1.82) is 0 Å². The highest BCUT2D eigenvalue weighted by Gasteiger charge is 2.38. The van der Waals surface area contributed by atoms with E-state index in [0.29, 0.717) is 0 Å². The van der Waals surface area contributed by atoms with Crippen molar-refractivity contribution in [3.05, 3.63) is 29.7 Å². The topological polar surface area (TPSA) is 38.1 Å². The van der Waals surface area contributed by atoms with Crippen LogP contribution in [0.25, 0.3) is 11.1 Å². The van der Waals surface area contributed by atoms with Gasteiger partial charge in [0.2, 0.25) is 5.89 Å².